The molecule has 8 aromatic carbocycles. The standard InChI is InChI=1S/C47H29N3S/c1-2-11-32(12-3-1)45-48-46(33-25-21-30(22-26-33)37-18-10-19-41-40-17-8-9-20-43(40)51-44(37)41)50-47(49-45)34-27-23-31(24-28-34)42-29-35-13-4-5-14-36(35)38-15-6-7-16-39(38)42/h1-29H. The Balaban J connectivity index is 1.05. The summed E-state index contributed by atoms with van der Waals surface area (Å²) in [5, 5.41) is 7.61. The Morgan fingerprint density at radius 1 is 0.314 bits per heavy atom. The number of fused-ring (bicyclic) bond motifs is 6. The summed E-state index contributed by atoms with van der Waals surface area (Å²) in [5.74, 6) is 1.95. The summed E-state index contributed by atoms with van der Waals surface area (Å²) in [6.07, 6.45) is 0. The molecular formula is C47H29N3S. The van der Waals surface area contributed by atoms with Crippen molar-refractivity contribution in [3.05, 3.63) is 176 Å². The average Bonchev–Trinajstić information content (AvgIpc) is 3.60. The fourth-order valence-electron chi connectivity index (χ4n) is 7.22. The van der Waals surface area contributed by atoms with Crippen molar-refractivity contribution in [3.8, 4) is 56.4 Å². The summed E-state index contributed by atoms with van der Waals surface area (Å²) < 4.78 is 2.61. The van der Waals surface area contributed by atoms with Gasteiger partial charge < -0.3 is 0 Å². The van der Waals surface area contributed by atoms with Gasteiger partial charge in [-0.3, -0.25) is 0 Å². The van der Waals surface area contributed by atoms with Gasteiger partial charge >= 0.3 is 0 Å². The predicted octanol–water partition coefficient (Wildman–Crippen LogP) is 12.9. The Labute approximate surface area is 299 Å². The van der Waals surface area contributed by atoms with E-state index in [0.717, 1.165) is 22.3 Å². The molecule has 2 aromatic heterocycles. The first-order chi connectivity index (χ1) is 25.3. The van der Waals surface area contributed by atoms with Gasteiger partial charge in [0.15, 0.2) is 17.5 Å². The highest BCUT2D eigenvalue weighted by Crippen LogP contribution is 2.40. The molecule has 0 fully saturated rings. The summed E-state index contributed by atoms with van der Waals surface area (Å²) in [7, 11) is 0. The zero-order valence-corrected chi connectivity index (χ0v) is 28.3. The lowest BCUT2D eigenvalue weighted by Gasteiger charge is -2.12. The quantitative estimate of drug-likeness (QED) is 0.171. The van der Waals surface area contributed by atoms with Gasteiger partial charge in [0.05, 0.1) is 0 Å². The lowest BCUT2D eigenvalue weighted by Crippen LogP contribution is -2.00. The van der Waals surface area contributed by atoms with E-state index in [1.165, 1.54) is 58.4 Å². The van der Waals surface area contributed by atoms with Crippen LogP contribution in [0, 0.1) is 0 Å². The maximum atomic E-state index is 5.05. The summed E-state index contributed by atoms with van der Waals surface area (Å²) in [6.45, 7) is 0. The maximum Gasteiger partial charge on any atom is 0.164 e. The molecule has 10 rings (SSSR count). The first-order valence-corrected chi connectivity index (χ1v) is 17.9. The molecule has 0 aliphatic rings. The van der Waals surface area contributed by atoms with Gasteiger partial charge in [-0.05, 0) is 55.9 Å². The molecule has 0 radical (unpaired) electrons. The third-order valence-corrected chi connectivity index (χ3v) is 11.0. The van der Waals surface area contributed by atoms with Gasteiger partial charge in [-0.15, -0.1) is 11.3 Å². The molecule has 3 nitrogen and oxygen atoms in total. The molecule has 0 atom stereocenters. The highest BCUT2D eigenvalue weighted by molar-refractivity contribution is 7.26. The van der Waals surface area contributed by atoms with Gasteiger partial charge in [-0.2, -0.15) is 0 Å². The second kappa shape index (κ2) is 12.1. The van der Waals surface area contributed by atoms with Crippen LogP contribution in [0.4, 0.5) is 0 Å². The summed E-state index contributed by atoms with van der Waals surface area (Å²) in [5.41, 5.74) is 7.62. The van der Waals surface area contributed by atoms with E-state index in [9.17, 15) is 0 Å². The largest absolute Gasteiger partial charge is 0.208 e. The van der Waals surface area contributed by atoms with Crippen molar-refractivity contribution >= 4 is 53.1 Å². The Morgan fingerprint density at radius 2 is 0.804 bits per heavy atom. The maximum absolute atomic E-state index is 5.05. The third kappa shape index (κ3) is 5.16. The zero-order chi connectivity index (χ0) is 33.7. The van der Waals surface area contributed by atoms with Crippen LogP contribution in [0.5, 0.6) is 0 Å². The van der Waals surface area contributed by atoms with Crippen molar-refractivity contribution in [2.45, 2.75) is 0 Å². The number of rotatable bonds is 5. The van der Waals surface area contributed by atoms with Crippen LogP contribution in [0.3, 0.4) is 0 Å². The molecule has 0 bridgehead atoms. The van der Waals surface area contributed by atoms with E-state index in [-0.39, 0.29) is 0 Å². The van der Waals surface area contributed by atoms with Crippen LogP contribution in [-0.4, -0.2) is 15.0 Å². The minimum Gasteiger partial charge on any atom is -0.208 e. The van der Waals surface area contributed by atoms with E-state index in [0.29, 0.717) is 17.5 Å². The molecule has 0 N–H and O–H groups in total. The normalized spacial score (nSPS) is 11.5. The summed E-state index contributed by atoms with van der Waals surface area (Å²) in [6, 6.07) is 62.2. The molecular weight excluding hydrogens is 639 g/mol. The first-order valence-electron chi connectivity index (χ1n) is 17.1. The number of hydrogen-bond acceptors (Lipinski definition) is 4. The molecule has 0 unspecified atom stereocenters. The smallest absolute Gasteiger partial charge is 0.164 e. The molecule has 0 aliphatic heterocycles. The lowest BCUT2D eigenvalue weighted by atomic mass is 9.93. The van der Waals surface area contributed by atoms with Crippen LogP contribution in [0.2, 0.25) is 0 Å². The number of aromatic nitrogens is 3. The Morgan fingerprint density at radius 3 is 1.49 bits per heavy atom. The van der Waals surface area contributed by atoms with Crippen molar-refractivity contribution in [1.82, 2.24) is 15.0 Å². The van der Waals surface area contributed by atoms with Gasteiger partial charge in [-0.1, -0.05) is 164 Å². The molecule has 238 valence electrons. The topological polar surface area (TPSA) is 38.7 Å². The summed E-state index contributed by atoms with van der Waals surface area (Å²) >= 11 is 1.85. The van der Waals surface area contributed by atoms with Crippen molar-refractivity contribution in [3.63, 3.8) is 0 Å². The molecule has 0 aliphatic carbocycles. The molecule has 10 aromatic rings. The van der Waals surface area contributed by atoms with Crippen LogP contribution in [0.1, 0.15) is 0 Å². The highest BCUT2D eigenvalue weighted by Gasteiger charge is 2.15. The second-order valence-corrected chi connectivity index (χ2v) is 13.9. The fraction of sp³-hybridized carbons (Fsp3) is 0. The van der Waals surface area contributed by atoms with Crippen molar-refractivity contribution in [1.29, 1.82) is 0 Å². The predicted molar refractivity (Wildman–Crippen MR) is 215 cm³/mol. The van der Waals surface area contributed by atoms with Crippen molar-refractivity contribution in [2.24, 2.45) is 0 Å². The van der Waals surface area contributed by atoms with Gasteiger partial charge in [0.2, 0.25) is 0 Å². The molecule has 4 heteroatoms. The van der Waals surface area contributed by atoms with Gasteiger partial charge in [0, 0.05) is 36.9 Å². The van der Waals surface area contributed by atoms with Crippen LogP contribution in [0.25, 0.3) is 98.1 Å². The fourth-order valence-corrected chi connectivity index (χ4v) is 8.45. The average molecular weight is 668 g/mol. The zero-order valence-electron chi connectivity index (χ0n) is 27.5. The SMILES string of the molecule is c1ccc(-c2nc(-c3ccc(-c4cc5ccccc5c5ccccc45)cc3)nc(-c3ccc(-c4cccc5c4sc4ccccc45)cc3)n2)cc1. The third-order valence-electron chi connectivity index (χ3n) is 9.75. The number of benzene rings is 8. The number of hydrogen-bond donors (Lipinski definition) is 0. The second-order valence-electron chi connectivity index (χ2n) is 12.8. The van der Waals surface area contributed by atoms with E-state index in [4.69, 9.17) is 15.0 Å². The van der Waals surface area contributed by atoms with Gasteiger partial charge in [0.25, 0.3) is 0 Å². The number of thiophene rings is 1. The van der Waals surface area contributed by atoms with Crippen LogP contribution >= 0.6 is 11.3 Å². The Bertz CT molecular complexity index is 2890. The van der Waals surface area contributed by atoms with Crippen LogP contribution in [0.15, 0.2) is 176 Å². The van der Waals surface area contributed by atoms with Crippen LogP contribution in [-0.2, 0) is 0 Å². The molecule has 0 saturated heterocycles. The van der Waals surface area contributed by atoms with Gasteiger partial charge in [0.1, 0.15) is 0 Å². The first kappa shape index (κ1) is 29.4. The highest BCUT2D eigenvalue weighted by atomic mass is 32.1. The molecule has 51 heavy (non-hydrogen) atoms. The Hall–Kier alpha value is -6.49. The van der Waals surface area contributed by atoms with Gasteiger partial charge in [-0.25, -0.2) is 15.0 Å². The van der Waals surface area contributed by atoms with E-state index in [1.807, 2.05) is 41.7 Å². The Kier molecular flexibility index (Phi) is 7.00. The van der Waals surface area contributed by atoms with Crippen molar-refractivity contribution < 1.29 is 0 Å². The lowest BCUT2D eigenvalue weighted by molar-refractivity contribution is 1.07. The minimum absolute atomic E-state index is 0.646. The van der Waals surface area contributed by atoms with E-state index in [1.54, 1.807) is 0 Å². The molecule has 0 spiro atoms. The molecule has 2 heterocycles. The number of nitrogens with zero attached hydrogens (tertiary/aromatic N) is 3. The van der Waals surface area contributed by atoms with Crippen molar-refractivity contribution in [2.75, 3.05) is 0 Å². The minimum atomic E-state index is 0.646. The molecule has 0 saturated carbocycles. The van der Waals surface area contributed by atoms with E-state index >= 15 is 0 Å². The summed E-state index contributed by atoms with van der Waals surface area (Å²) in [4.78, 5) is 15.0. The van der Waals surface area contributed by atoms with E-state index in [2.05, 4.69) is 146 Å². The van der Waals surface area contributed by atoms with E-state index < -0.39 is 0 Å². The molecule has 0 amide bonds. The monoisotopic (exact) mass is 667 g/mol. The van der Waals surface area contributed by atoms with Crippen LogP contribution < -0.4 is 0 Å².